The van der Waals surface area contributed by atoms with Crippen molar-refractivity contribution in [1.29, 1.82) is 0 Å². The summed E-state index contributed by atoms with van der Waals surface area (Å²) in [4.78, 5) is 4.91. The number of pyridine rings is 1. The third kappa shape index (κ3) is 3.36. The molecule has 1 saturated heterocycles. The fourth-order valence-corrected chi connectivity index (χ4v) is 5.53. The third-order valence-electron chi connectivity index (χ3n) is 5.57. The number of benzene rings is 1. The van der Waals surface area contributed by atoms with E-state index in [1.807, 2.05) is 12.3 Å². The maximum atomic E-state index is 4.91. The van der Waals surface area contributed by atoms with Crippen LogP contribution >= 0.6 is 31.9 Å². The van der Waals surface area contributed by atoms with Crippen LogP contribution in [0.25, 0.3) is 6.08 Å². The van der Waals surface area contributed by atoms with Crippen molar-refractivity contribution in [3.63, 3.8) is 0 Å². The molecule has 1 aromatic carbocycles. The third-order valence-corrected chi connectivity index (χ3v) is 6.66. The van der Waals surface area contributed by atoms with Crippen molar-refractivity contribution in [1.82, 2.24) is 10.3 Å². The van der Waals surface area contributed by atoms with Gasteiger partial charge in [-0.25, -0.2) is 0 Å². The maximum absolute atomic E-state index is 4.91. The van der Waals surface area contributed by atoms with Gasteiger partial charge in [0.25, 0.3) is 0 Å². The lowest BCUT2D eigenvalue weighted by Gasteiger charge is -2.32. The first kappa shape index (κ1) is 17.4. The minimum atomic E-state index is 0.371. The average Bonchev–Trinajstić information content (AvgIpc) is 2.79. The number of halogens is 2. The quantitative estimate of drug-likeness (QED) is 0.640. The van der Waals surface area contributed by atoms with Gasteiger partial charge in [0, 0.05) is 21.1 Å². The number of hydrogen-bond donors (Lipinski definition) is 1. The lowest BCUT2D eigenvalue weighted by molar-refractivity contribution is 0.338. The Bertz CT molecular complexity index is 810. The molecule has 1 fully saturated rings. The van der Waals surface area contributed by atoms with Crippen LogP contribution in [-0.2, 0) is 12.8 Å². The standard InChI is InChI=1S/C21H22Br2N2/c1-2-13-9-15-3-4-16-11-17(22)12-25-21(16)20(19(15)18(23)10-13)14-5-7-24-8-6-14/h2,9-12,14,20,24H,1,3-8H2. The molecule has 0 amide bonds. The lowest BCUT2D eigenvalue weighted by Crippen LogP contribution is -2.32. The second-order valence-electron chi connectivity index (χ2n) is 7.04. The molecule has 1 aromatic heterocycles. The molecule has 0 saturated carbocycles. The molecular formula is C21H22Br2N2. The second-order valence-corrected chi connectivity index (χ2v) is 8.81. The number of aryl methyl sites for hydroxylation is 2. The van der Waals surface area contributed by atoms with Crippen molar-refractivity contribution in [3.8, 4) is 0 Å². The molecule has 2 aliphatic rings. The van der Waals surface area contributed by atoms with Gasteiger partial charge in [0.05, 0.1) is 5.69 Å². The largest absolute Gasteiger partial charge is 0.317 e. The molecular weight excluding hydrogens is 440 g/mol. The van der Waals surface area contributed by atoms with Crippen molar-refractivity contribution >= 4 is 37.9 Å². The number of nitrogens with one attached hydrogen (secondary N) is 1. The summed E-state index contributed by atoms with van der Waals surface area (Å²) in [6.07, 6.45) is 8.42. The molecule has 0 bridgehead atoms. The number of rotatable bonds is 2. The van der Waals surface area contributed by atoms with Crippen LogP contribution in [0.15, 0.2) is 39.9 Å². The van der Waals surface area contributed by atoms with Crippen LogP contribution in [-0.4, -0.2) is 18.1 Å². The highest BCUT2D eigenvalue weighted by atomic mass is 79.9. The molecule has 2 nitrogen and oxygen atoms in total. The van der Waals surface area contributed by atoms with Gasteiger partial charge in [-0.15, -0.1) is 0 Å². The fraction of sp³-hybridized carbons (Fsp3) is 0.381. The molecule has 1 aliphatic heterocycles. The summed E-state index contributed by atoms with van der Waals surface area (Å²) in [6.45, 7) is 6.16. The van der Waals surface area contributed by atoms with Gasteiger partial charge in [-0.3, -0.25) is 4.98 Å². The smallest absolute Gasteiger partial charge is 0.0514 e. The number of fused-ring (bicyclic) bond motifs is 2. The molecule has 4 heteroatoms. The van der Waals surface area contributed by atoms with E-state index in [1.165, 1.54) is 45.3 Å². The van der Waals surface area contributed by atoms with Crippen LogP contribution < -0.4 is 5.32 Å². The summed E-state index contributed by atoms with van der Waals surface area (Å²) >= 11 is 7.49. The molecule has 0 radical (unpaired) electrons. The van der Waals surface area contributed by atoms with E-state index in [0.717, 1.165) is 30.4 Å². The molecule has 130 valence electrons. The summed E-state index contributed by atoms with van der Waals surface area (Å²) in [5.74, 6) is 1.01. The van der Waals surface area contributed by atoms with Gasteiger partial charge in [-0.05, 0) is 95.0 Å². The Morgan fingerprint density at radius 1 is 1.08 bits per heavy atom. The van der Waals surface area contributed by atoms with Gasteiger partial charge >= 0.3 is 0 Å². The Morgan fingerprint density at radius 3 is 2.60 bits per heavy atom. The zero-order valence-corrected chi connectivity index (χ0v) is 17.4. The van der Waals surface area contributed by atoms with Gasteiger partial charge in [-0.2, -0.15) is 0 Å². The molecule has 2 aromatic rings. The van der Waals surface area contributed by atoms with Crippen LogP contribution in [0.2, 0.25) is 0 Å². The van der Waals surface area contributed by atoms with Gasteiger partial charge < -0.3 is 5.32 Å². The minimum Gasteiger partial charge on any atom is -0.317 e. The van der Waals surface area contributed by atoms with Crippen molar-refractivity contribution in [2.75, 3.05) is 13.1 Å². The van der Waals surface area contributed by atoms with Crippen molar-refractivity contribution in [3.05, 3.63) is 67.9 Å². The molecule has 4 rings (SSSR count). The Labute approximate surface area is 166 Å². The van der Waals surface area contributed by atoms with E-state index in [1.54, 1.807) is 0 Å². The molecule has 1 atom stereocenters. The van der Waals surface area contributed by atoms with Crippen LogP contribution in [0, 0.1) is 5.92 Å². The summed E-state index contributed by atoms with van der Waals surface area (Å²) in [5, 5.41) is 3.51. The SMILES string of the molecule is C=Cc1cc(Br)c2c(c1)CCc1cc(Br)cnc1C2C1CCNCC1. The van der Waals surface area contributed by atoms with Crippen LogP contribution in [0.1, 0.15) is 46.7 Å². The fourth-order valence-electron chi connectivity index (χ4n) is 4.39. The molecule has 2 heterocycles. The number of aromatic nitrogens is 1. The van der Waals surface area contributed by atoms with E-state index in [9.17, 15) is 0 Å². The van der Waals surface area contributed by atoms with Crippen molar-refractivity contribution in [2.45, 2.75) is 31.6 Å². The lowest BCUT2D eigenvalue weighted by atomic mass is 9.76. The first-order chi connectivity index (χ1) is 12.2. The summed E-state index contributed by atoms with van der Waals surface area (Å²) in [7, 11) is 0. The van der Waals surface area contributed by atoms with Crippen LogP contribution in [0.5, 0.6) is 0 Å². The van der Waals surface area contributed by atoms with Gasteiger partial charge in [0.15, 0.2) is 0 Å². The second kappa shape index (κ2) is 7.34. The average molecular weight is 462 g/mol. The van der Waals surface area contributed by atoms with E-state index < -0.39 is 0 Å². The van der Waals surface area contributed by atoms with E-state index in [2.05, 4.69) is 62.0 Å². The normalized spacial score (nSPS) is 20.5. The molecule has 1 aliphatic carbocycles. The van der Waals surface area contributed by atoms with Crippen molar-refractivity contribution < 1.29 is 0 Å². The number of hydrogen-bond acceptors (Lipinski definition) is 2. The van der Waals surface area contributed by atoms with E-state index in [-0.39, 0.29) is 0 Å². The zero-order chi connectivity index (χ0) is 17.4. The summed E-state index contributed by atoms with van der Waals surface area (Å²) in [6, 6.07) is 6.80. The molecule has 25 heavy (non-hydrogen) atoms. The Hall–Kier alpha value is -0.970. The van der Waals surface area contributed by atoms with Gasteiger partial charge in [0.1, 0.15) is 0 Å². The van der Waals surface area contributed by atoms with Gasteiger partial charge in [-0.1, -0.05) is 34.7 Å². The summed E-state index contributed by atoms with van der Waals surface area (Å²) < 4.78 is 2.29. The number of nitrogens with zero attached hydrogens (tertiary/aromatic N) is 1. The first-order valence-corrected chi connectivity index (χ1v) is 10.6. The van der Waals surface area contributed by atoms with Gasteiger partial charge in [0.2, 0.25) is 0 Å². The Balaban J connectivity index is 1.91. The minimum absolute atomic E-state index is 0.371. The van der Waals surface area contributed by atoms with Crippen LogP contribution in [0.4, 0.5) is 0 Å². The first-order valence-electron chi connectivity index (χ1n) is 8.97. The predicted molar refractivity (Wildman–Crippen MR) is 111 cm³/mol. The molecule has 1 unspecified atom stereocenters. The highest BCUT2D eigenvalue weighted by molar-refractivity contribution is 9.10. The number of piperidine rings is 1. The van der Waals surface area contributed by atoms with Crippen molar-refractivity contribution in [2.24, 2.45) is 5.92 Å². The van der Waals surface area contributed by atoms with E-state index in [0.29, 0.717) is 11.8 Å². The Morgan fingerprint density at radius 2 is 1.84 bits per heavy atom. The maximum Gasteiger partial charge on any atom is 0.0514 e. The predicted octanol–water partition coefficient (Wildman–Crippen LogP) is 5.48. The van der Waals surface area contributed by atoms with E-state index >= 15 is 0 Å². The molecule has 1 N–H and O–H groups in total. The highest BCUT2D eigenvalue weighted by Crippen LogP contribution is 2.45. The Kier molecular flexibility index (Phi) is 5.12. The summed E-state index contributed by atoms with van der Waals surface area (Å²) in [5.41, 5.74) is 6.75. The topological polar surface area (TPSA) is 24.9 Å². The zero-order valence-electron chi connectivity index (χ0n) is 14.2. The van der Waals surface area contributed by atoms with Crippen LogP contribution in [0.3, 0.4) is 0 Å². The highest BCUT2D eigenvalue weighted by Gasteiger charge is 2.34. The molecule has 0 spiro atoms. The van der Waals surface area contributed by atoms with E-state index in [4.69, 9.17) is 4.98 Å². The monoisotopic (exact) mass is 460 g/mol.